The number of nitrogens with zero attached hydrogens (tertiary/aromatic N) is 1. The number of rotatable bonds is 2. The lowest BCUT2D eigenvalue weighted by Gasteiger charge is -2.25. The molecule has 1 fully saturated rings. The smallest absolute Gasteiger partial charge is 0.412 e. The molecule has 0 unspecified atom stereocenters. The number of carbonyl (C=O) groups excluding carboxylic acids is 1. The zero-order chi connectivity index (χ0) is 14.0. The Balaban J connectivity index is 2.10. The minimum Gasteiger partial charge on any atom is -0.444 e. The van der Waals surface area contributed by atoms with Crippen LogP contribution in [0.1, 0.15) is 51.6 Å². The van der Waals surface area contributed by atoms with Gasteiger partial charge in [-0.1, -0.05) is 6.42 Å². The zero-order valence-corrected chi connectivity index (χ0v) is 11.5. The van der Waals surface area contributed by atoms with Gasteiger partial charge < -0.3 is 4.74 Å². The monoisotopic (exact) mass is 266 g/mol. The van der Waals surface area contributed by atoms with Crippen LogP contribution in [0.4, 0.5) is 14.9 Å². The van der Waals surface area contributed by atoms with Gasteiger partial charge in [-0.15, -0.1) is 0 Å². The van der Waals surface area contributed by atoms with Crippen LogP contribution in [-0.4, -0.2) is 16.7 Å². The molecule has 0 spiro atoms. The van der Waals surface area contributed by atoms with Crippen LogP contribution < -0.4 is 5.32 Å². The topological polar surface area (TPSA) is 51.2 Å². The number of anilines is 1. The lowest BCUT2D eigenvalue weighted by Crippen LogP contribution is -2.27. The fraction of sp³-hybridized carbons (Fsp3) is 0.571. The number of amides is 1. The molecule has 1 aromatic rings. The van der Waals surface area contributed by atoms with Crippen molar-refractivity contribution in [1.29, 1.82) is 0 Å². The summed E-state index contributed by atoms with van der Waals surface area (Å²) in [5.41, 5.74) is -0.0318. The summed E-state index contributed by atoms with van der Waals surface area (Å²) in [5, 5.41) is 2.43. The predicted octanol–water partition coefficient (Wildman–Crippen LogP) is 3.84. The molecule has 1 amide bonds. The van der Waals surface area contributed by atoms with E-state index in [1.807, 2.05) is 0 Å². The second kappa shape index (κ2) is 5.15. The SMILES string of the molecule is CC(C)(C)OC(=O)Nc1ccnc(C2CCC2)c1F. The summed E-state index contributed by atoms with van der Waals surface area (Å²) in [6, 6.07) is 1.45. The van der Waals surface area contributed by atoms with Crippen LogP contribution in [0.3, 0.4) is 0 Å². The van der Waals surface area contributed by atoms with Gasteiger partial charge in [-0.3, -0.25) is 10.3 Å². The standard InChI is InChI=1S/C14H19FN2O2/c1-14(2,3)19-13(18)17-10-7-8-16-12(11(10)15)9-5-4-6-9/h7-9H,4-6H2,1-3H3,(H,16,17,18). The summed E-state index contributed by atoms with van der Waals surface area (Å²) in [6.07, 6.45) is 3.88. The van der Waals surface area contributed by atoms with Crippen LogP contribution in [0.25, 0.3) is 0 Å². The highest BCUT2D eigenvalue weighted by Crippen LogP contribution is 2.37. The van der Waals surface area contributed by atoms with Gasteiger partial charge in [-0.2, -0.15) is 0 Å². The molecule has 4 nitrogen and oxygen atoms in total. The van der Waals surface area contributed by atoms with Crippen molar-refractivity contribution < 1.29 is 13.9 Å². The van der Waals surface area contributed by atoms with Gasteiger partial charge in [0, 0.05) is 12.1 Å². The van der Waals surface area contributed by atoms with Gasteiger partial charge in [-0.05, 0) is 39.7 Å². The maximum atomic E-state index is 14.2. The maximum Gasteiger partial charge on any atom is 0.412 e. The maximum absolute atomic E-state index is 14.2. The molecule has 0 atom stereocenters. The molecule has 0 saturated heterocycles. The highest BCUT2D eigenvalue weighted by molar-refractivity contribution is 5.85. The third-order valence-corrected chi connectivity index (χ3v) is 3.04. The first kappa shape index (κ1) is 13.8. The Hall–Kier alpha value is -1.65. The molecular weight excluding hydrogens is 247 g/mol. The van der Waals surface area contributed by atoms with Crippen molar-refractivity contribution in [3.05, 3.63) is 23.8 Å². The number of halogens is 1. The van der Waals surface area contributed by atoms with Crippen LogP contribution in [-0.2, 0) is 4.74 Å². The third kappa shape index (κ3) is 3.43. The molecule has 19 heavy (non-hydrogen) atoms. The molecule has 5 heteroatoms. The van der Waals surface area contributed by atoms with Gasteiger partial charge in [-0.25, -0.2) is 9.18 Å². The molecule has 104 valence electrons. The Bertz CT molecular complexity index is 479. The van der Waals surface area contributed by atoms with E-state index in [1.54, 1.807) is 20.8 Å². The second-order valence-corrected chi connectivity index (χ2v) is 5.81. The number of nitrogens with one attached hydrogen (secondary N) is 1. The van der Waals surface area contributed by atoms with Crippen LogP contribution >= 0.6 is 0 Å². The number of hydrogen-bond donors (Lipinski definition) is 1. The molecule has 0 aromatic carbocycles. The third-order valence-electron chi connectivity index (χ3n) is 3.04. The second-order valence-electron chi connectivity index (χ2n) is 5.81. The van der Waals surface area contributed by atoms with Crippen molar-refractivity contribution in [2.75, 3.05) is 5.32 Å². The summed E-state index contributed by atoms with van der Waals surface area (Å²) in [7, 11) is 0. The van der Waals surface area contributed by atoms with E-state index in [0.29, 0.717) is 5.69 Å². The molecule has 1 aromatic heterocycles. The first-order valence-electron chi connectivity index (χ1n) is 6.51. The first-order valence-corrected chi connectivity index (χ1v) is 6.51. The largest absolute Gasteiger partial charge is 0.444 e. The normalized spacial score (nSPS) is 15.8. The van der Waals surface area contributed by atoms with Crippen LogP contribution in [0.5, 0.6) is 0 Å². The van der Waals surface area contributed by atoms with Gasteiger partial charge >= 0.3 is 6.09 Å². The fourth-order valence-corrected chi connectivity index (χ4v) is 1.94. The molecule has 0 aliphatic heterocycles. The molecular formula is C14H19FN2O2. The van der Waals surface area contributed by atoms with E-state index in [4.69, 9.17) is 4.74 Å². The Kier molecular flexibility index (Phi) is 3.73. The molecule has 1 N–H and O–H groups in total. The number of carbonyl (C=O) groups is 1. The van der Waals surface area contributed by atoms with Crippen molar-refractivity contribution >= 4 is 11.8 Å². The van der Waals surface area contributed by atoms with Gasteiger partial charge in [0.2, 0.25) is 0 Å². The average Bonchev–Trinajstić information content (AvgIpc) is 2.18. The molecule has 0 radical (unpaired) electrons. The highest BCUT2D eigenvalue weighted by atomic mass is 19.1. The van der Waals surface area contributed by atoms with Crippen molar-refractivity contribution in [3.8, 4) is 0 Å². The molecule has 1 heterocycles. The quantitative estimate of drug-likeness (QED) is 0.885. The lowest BCUT2D eigenvalue weighted by molar-refractivity contribution is 0.0635. The summed E-state index contributed by atoms with van der Waals surface area (Å²) < 4.78 is 19.3. The lowest BCUT2D eigenvalue weighted by atomic mass is 9.82. The molecule has 1 saturated carbocycles. The van der Waals surface area contributed by atoms with E-state index in [0.717, 1.165) is 19.3 Å². The summed E-state index contributed by atoms with van der Waals surface area (Å²) >= 11 is 0. The molecule has 2 rings (SSSR count). The summed E-state index contributed by atoms with van der Waals surface area (Å²) in [5.74, 6) is -0.265. The number of hydrogen-bond acceptors (Lipinski definition) is 3. The van der Waals surface area contributed by atoms with Gasteiger partial charge in [0.15, 0.2) is 5.82 Å². The Morgan fingerprint density at radius 2 is 2.16 bits per heavy atom. The number of ether oxygens (including phenoxy) is 1. The van der Waals surface area contributed by atoms with Gasteiger partial charge in [0.1, 0.15) is 5.60 Å². The van der Waals surface area contributed by atoms with E-state index in [9.17, 15) is 9.18 Å². The number of pyridine rings is 1. The Morgan fingerprint density at radius 3 is 2.68 bits per heavy atom. The van der Waals surface area contributed by atoms with Crippen molar-refractivity contribution in [1.82, 2.24) is 4.98 Å². The first-order chi connectivity index (χ1) is 8.87. The minimum absolute atomic E-state index is 0.131. The minimum atomic E-state index is -0.655. The average molecular weight is 266 g/mol. The van der Waals surface area contributed by atoms with Crippen LogP contribution in [0.15, 0.2) is 12.3 Å². The van der Waals surface area contributed by atoms with Crippen LogP contribution in [0, 0.1) is 5.82 Å². The highest BCUT2D eigenvalue weighted by Gasteiger charge is 2.26. The summed E-state index contributed by atoms with van der Waals surface area (Å²) in [4.78, 5) is 15.7. The van der Waals surface area contributed by atoms with E-state index in [1.165, 1.54) is 12.3 Å². The van der Waals surface area contributed by atoms with E-state index in [-0.39, 0.29) is 11.6 Å². The van der Waals surface area contributed by atoms with Gasteiger partial charge in [0.25, 0.3) is 0 Å². The molecule has 0 bridgehead atoms. The van der Waals surface area contributed by atoms with Crippen molar-refractivity contribution in [2.24, 2.45) is 0 Å². The van der Waals surface area contributed by atoms with Crippen LogP contribution in [0.2, 0.25) is 0 Å². The fourth-order valence-electron chi connectivity index (χ4n) is 1.94. The van der Waals surface area contributed by atoms with E-state index in [2.05, 4.69) is 10.3 Å². The summed E-state index contributed by atoms with van der Waals surface area (Å²) in [6.45, 7) is 5.28. The predicted molar refractivity (Wildman–Crippen MR) is 70.6 cm³/mol. The zero-order valence-electron chi connectivity index (χ0n) is 11.5. The Morgan fingerprint density at radius 1 is 1.47 bits per heavy atom. The molecule has 1 aliphatic carbocycles. The van der Waals surface area contributed by atoms with Crippen molar-refractivity contribution in [2.45, 2.75) is 51.6 Å². The van der Waals surface area contributed by atoms with Gasteiger partial charge in [0.05, 0.1) is 11.4 Å². The van der Waals surface area contributed by atoms with E-state index >= 15 is 0 Å². The van der Waals surface area contributed by atoms with Crippen molar-refractivity contribution in [3.63, 3.8) is 0 Å². The van der Waals surface area contributed by atoms with E-state index < -0.39 is 17.5 Å². The molecule has 1 aliphatic rings. The Labute approximate surface area is 112 Å². The number of aromatic nitrogens is 1.